The zero-order valence-corrected chi connectivity index (χ0v) is 14.2. The number of nitrogens with one attached hydrogen (secondary N) is 1. The van der Waals surface area contributed by atoms with Crippen LogP contribution in [0.25, 0.3) is 0 Å². The Balaban J connectivity index is 1.54. The Kier molecular flexibility index (Phi) is 3.52. The van der Waals surface area contributed by atoms with E-state index in [1.165, 1.54) is 19.3 Å². The molecule has 2 spiro atoms. The molecule has 3 fully saturated rings. The molecule has 1 aromatic carbocycles. The monoisotopic (exact) mass is 327 g/mol. The molecular formula is C19H25N3O2. The number of rotatable bonds is 3. The van der Waals surface area contributed by atoms with Crippen LogP contribution < -0.4 is 11.1 Å². The second-order valence-electron chi connectivity index (χ2n) is 7.89. The minimum atomic E-state index is -0.385. The van der Waals surface area contributed by atoms with Gasteiger partial charge in [-0.05, 0) is 48.3 Å². The number of ether oxygens (including phenoxy) is 2. The quantitative estimate of drug-likeness (QED) is 0.833. The third kappa shape index (κ3) is 2.45. The number of hydrogen-bond donors (Lipinski definition) is 2. The molecule has 5 heteroatoms. The first kappa shape index (κ1) is 15.7. The van der Waals surface area contributed by atoms with Gasteiger partial charge in [-0.15, -0.1) is 0 Å². The number of anilines is 2. The molecule has 3 aliphatic rings. The van der Waals surface area contributed by atoms with E-state index < -0.39 is 0 Å². The van der Waals surface area contributed by atoms with Crippen LogP contribution in [0.5, 0.6) is 0 Å². The van der Waals surface area contributed by atoms with Crippen molar-refractivity contribution in [1.29, 1.82) is 5.26 Å². The standard InChI is InChI=1S/C19H25N3O2/c1-17(13-22-16-10-14(11-20)2-3-15(16)21)12-19(23-8-9-24-19)7-6-18(17)4-5-18/h2-3,10,22H,4-9,12-13,21H2,1H3. The van der Waals surface area contributed by atoms with Crippen LogP contribution in [0.1, 0.15) is 44.6 Å². The molecule has 0 bridgehead atoms. The molecule has 1 unspecified atom stereocenters. The highest BCUT2D eigenvalue weighted by Gasteiger charge is 2.63. The highest BCUT2D eigenvalue weighted by atomic mass is 16.7. The molecule has 24 heavy (non-hydrogen) atoms. The number of nitriles is 1. The van der Waals surface area contributed by atoms with Gasteiger partial charge in [-0.1, -0.05) is 6.92 Å². The van der Waals surface area contributed by atoms with Crippen molar-refractivity contribution in [1.82, 2.24) is 0 Å². The molecule has 2 saturated carbocycles. The summed E-state index contributed by atoms with van der Waals surface area (Å²) in [5.74, 6) is -0.385. The first-order chi connectivity index (χ1) is 11.5. The zero-order chi connectivity index (χ0) is 16.8. The Morgan fingerprint density at radius 1 is 1.21 bits per heavy atom. The molecule has 1 aromatic rings. The minimum Gasteiger partial charge on any atom is -0.397 e. The van der Waals surface area contributed by atoms with Crippen LogP contribution in [-0.2, 0) is 9.47 Å². The molecule has 4 rings (SSSR count). The van der Waals surface area contributed by atoms with Gasteiger partial charge in [0.15, 0.2) is 5.79 Å². The number of nitrogens with zero attached hydrogens (tertiary/aromatic N) is 1. The summed E-state index contributed by atoms with van der Waals surface area (Å²) in [6.07, 6.45) is 5.67. The van der Waals surface area contributed by atoms with Crippen LogP contribution in [0.3, 0.4) is 0 Å². The average Bonchev–Trinajstić information content (AvgIpc) is 3.25. The van der Waals surface area contributed by atoms with Gasteiger partial charge in [0.2, 0.25) is 0 Å². The van der Waals surface area contributed by atoms with Crippen LogP contribution in [0.15, 0.2) is 18.2 Å². The highest BCUT2D eigenvalue weighted by molar-refractivity contribution is 5.68. The molecule has 1 heterocycles. The topological polar surface area (TPSA) is 80.3 Å². The zero-order valence-electron chi connectivity index (χ0n) is 14.2. The van der Waals surface area contributed by atoms with E-state index in [0.29, 0.717) is 29.9 Å². The van der Waals surface area contributed by atoms with Gasteiger partial charge in [-0.3, -0.25) is 0 Å². The SMILES string of the molecule is CC1(CNc2cc(C#N)ccc2N)CC2(CCC13CC3)OCCO2. The van der Waals surface area contributed by atoms with Gasteiger partial charge in [0.25, 0.3) is 0 Å². The van der Waals surface area contributed by atoms with Crippen molar-refractivity contribution in [2.75, 3.05) is 30.8 Å². The van der Waals surface area contributed by atoms with Crippen molar-refractivity contribution in [3.63, 3.8) is 0 Å². The Morgan fingerprint density at radius 2 is 1.92 bits per heavy atom. The summed E-state index contributed by atoms with van der Waals surface area (Å²) in [7, 11) is 0. The number of hydrogen-bond acceptors (Lipinski definition) is 5. The van der Waals surface area contributed by atoms with Crippen LogP contribution in [0.4, 0.5) is 11.4 Å². The van der Waals surface area contributed by atoms with Crippen molar-refractivity contribution in [3.8, 4) is 6.07 Å². The van der Waals surface area contributed by atoms with Gasteiger partial charge >= 0.3 is 0 Å². The Bertz CT molecular complexity index is 686. The maximum Gasteiger partial charge on any atom is 0.169 e. The van der Waals surface area contributed by atoms with Crippen molar-refractivity contribution in [2.24, 2.45) is 10.8 Å². The molecule has 1 aliphatic heterocycles. The Morgan fingerprint density at radius 3 is 2.58 bits per heavy atom. The van der Waals surface area contributed by atoms with E-state index in [2.05, 4.69) is 18.3 Å². The molecular weight excluding hydrogens is 302 g/mol. The number of nitrogens with two attached hydrogens (primary N) is 1. The first-order valence-corrected chi connectivity index (χ1v) is 8.81. The highest BCUT2D eigenvalue weighted by Crippen LogP contribution is 2.68. The smallest absolute Gasteiger partial charge is 0.169 e. The van der Waals surface area contributed by atoms with Crippen molar-refractivity contribution in [2.45, 2.75) is 44.8 Å². The average molecular weight is 327 g/mol. The predicted molar refractivity (Wildman–Crippen MR) is 92.3 cm³/mol. The van der Waals surface area contributed by atoms with Crippen molar-refractivity contribution >= 4 is 11.4 Å². The van der Waals surface area contributed by atoms with E-state index in [9.17, 15) is 0 Å². The summed E-state index contributed by atoms with van der Waals surface area (Å²) >= 11 is 0. The van der Waals surface area contributed by atoms with Crippen molar-refractivity contribution in [3.05, 3.63) is 23.8 Å². The Hall–Kier alpha value is -1.77. The number of nitrogen functional groups attached to an aromatic ring is 1. The third-order valence-electron chi connectivity index (χ3n) is 6.44. The summed E-state index contributed by atoms with van der Waals surface area (Å²) in [5.41, 5.74) is 8.74. The van der Waals surface area contributed by atoms with Gasteiger partial charge in [0.05, 0.1) is 36.2 Å². The normalized spacial score (nSPS) is 29.5. The van der Waals surface area contributed by atoms with Gasteiger partial charge in [-0.25, -0.2) is 0 Å². The summed E-state index contributed by atoms with van der Waals surface area (Å²) in [4.78, 5) is 0. The van der Waals surface area contributed by atoms with E-state index in [-0.39, 0.29) is 11.2 Å². The van der Waals surface area contributed by atoms with Gasteiger partial charge < -0.3 is 20.5 Å². The molecule has 5 nitrogen and oxygen atoms in total. The van der Waals surface area contributed by atoms with Crippen LogP contribution in [0.2, 0.25) is 0 Å². The fourth-order valence-corrected chi connectivity index (χ4v) is 4.67. The number of benzene rings is 1. The van der Waals surface area contributed by atoms with Crippen LogP contribution >= 0.6 is 0 Å². The van der Waals surface area contributed by atoms with E-state index in [1.54, 1.807) is 12.1 Å². The van der Waals surface area contributed by atoms with E-state index in [4.69, 9.17) is 20.5 Å². The molecule has 0 radical (unpaired) electrons. The first-order valence-electron chi connectivity index (χ1n) is 8.81. The molecule has 3 N–H and O–H groups in total. The molecule has 128 valence electrons. The van der Waals surface area contributed by atoms with Crippen LogP contribution in [-0.4, -0.2) is 25.5 Å². The fourth-order valence-electron chi connectivity index (χ4n) is 4.67. The summed E-state index contributed by atoms with van der Waals surface area (Å²) < 4.78 is 12.0. The van der Waals surface area contributed by atoms with E-state index >= 15 is 0 Å². The summed E-state index contributed by atoms with van der Waals surface area (Å²) in [6, 6.07) is 7.55. The van der Waals surface area contributed by atoms with E-state index in [1.807, 2.05) is 6.07 Å². The van der Waals surface area contributed by atoms with Crippen LogP contribution in [0, 0.1) is 22.2 Å². The minimum absolute atomic E-state index is 0.102. The third-order valence-corrected chi connectivity index (χ3v) is 6.44. The maximum absolute atomic E-state index is 9.10. The Labute approximate surface area is 143 Å². The molecule has 0 amide bonds. The van der Waals surface area contributed by atoms with Gasteiger partial charge in [0.1, 0.15) is 0 Å². The maximum atomic E-state index is 9.10. The molecule has 1 atom stereocenters. The van der Waals surface area contributed by atoms with E-state index in [0.717, 1.165) is 25.1 Å². The summed E-state index contributed by atoms with van der Waals surface area (Å²) in [6.45, 7) is 4.57. The molecule has 1 saturated heterocycles. The predicted octanol–water partition coefficient (Wildman–Crippen LogP) is 3.27. The fraction of sp³-hybridized carbons (Fsp3) is 0.632. The van der Waals surface area contributed by atoms with Gasteiger partial charge in [-0.2, -0.15) is 5.26 Å². The lowest BCUT2D eigenvalue weighted by Gasteiger charge is -2.49. The second kappa shape index (κ2) is 5.37. The van der Waals surface area contributed by atoms with Crippen molar-refractivity contribution < 1.29 is 9.47 Å². The largest absolute Gasteiger partial charge is 0.397 e. The second-order valence-corrected chi connectivity index (χ2v) is 7.89. The lowest BCUT2D eigenvalue weighted by Crippen LogP contribution is -2.50. The lowest BCUT2D eigenvalue weighted by atomic mass is 9.62. The molecule has 0 aromatic heterocycles. The summed E-state index contributed by atoms with van der Waals surface area (Å²) in [5, 5.41) is 12.6. The van der Waals surface area contributed by atoms with Gasteiger partial charge in [0, 0.05) is 19.4 Å². The lowest BCUT2D eigenvalue weighted by molar-refractivity contribution is -0.213. The molecule has 2 aliphatic carbocycles.